The summed E-state index contributed by atoms with van der Waals surface area (Å²) in [6.45, 7) is 6.11. The third-order valence-electron chi connectivity index (χ3n) is 3.75. The average molecular weight is 232 g/mol. The van der Waals surface area contributed by atoms with E-state index in [4.69, 9.17) is 5.73 Å². The van der Waals surface area contributed by atoms with Crippen LogP contribution in [0.1, 0.15) is 31.7 Å². The number of piperidine rings is 1. The van der Waals surface area contributed by atoms with E-state index >= 15 is 0 Å². The molecule has 1 heterocycles. The van der Waals surface area contributed by atoms with Crippen LogP contribution in [0.15, 0.2) is 24.3 Å². The highest BCUT2D eigenvalue weighted by molar-refractivity contribution is 5.39. The van der Waals surface area contributed by atoms with Gasteiger partial charge in [0.25, 0.3) is 0 Å². The van der Waals surface area contributed by atoms with E-state index in [1.54, 1.807) is 0 Å². The third-order valence-corrected chi connectivity index (χ3v) is 3.75. The summed E-state index contributed by atoms with van der Waals surface area (Å²) in [5.41, 5.74) is 8.01. The van der Waals surface area contributed by atoms with Gasteiger partial charge in [-0.15, -0.1) is 0 Å². The van der Waals surface area contributed by atoms with E-state index < -0.39 is 0 Å². The minimum atomic E-state index is 0.867. The number of hydrogen-bond donors (Lipinski definition) is 1. The van der Waals surface area contributed by atoms with Crippen molar-refractivity contribution in [3.05, 3.63) is 29.8 Å². The Morgan fingerprint density at radius 2 is 1.82 bits per heavy atom. The van der Waals surface area contributed by atoms with Gasteiger partial charge >= 0.3 is 0 Å². The summed E-state index contributed by atoms with van der Waals surface area (Å²) < 4.78 is 0. The van der Waals surface area contributed by atoms with E-state index in [2.05, 4.69) is 24.0 Å². The maximum Gasteiger partial charge on any atom is 0.0314 e. The SMILES string of the molecule is CCCN1CCC(Cc2ccc(N)cc2)CC1. The first-order valence-corrected chi connectivity index (χ1v) is 6.84. The van der Waals surface area contributed by atoms with E-state index in [9.17, 15) is 0 Å². The second-order valence-electron chi connectivity index (χ2n) is 5.23. The van der Waals surface area contributed by atoms with Crippen molar-refractivity contribution in [3.8, 4) is 0 Å². The van der Waals surface area contributed by atoms with Crippen LogP contribution in [0, 0.1) is 5.92 Å². The molecule has 1 aromatic rings. The molecule has 2 nitrogen and oxygen atoms in total. The van der Waals surface area contributed by atoms with E-state index in [-0.39, 0.29) is 0 Å². The minimum Gasteiger partial charge on any atom is -0.399 e. The molecular formula is C15H24N2. The Morgan fingerprint density at radius 3 is 2.41 bits per heavy atom. The van der Waals surface area contributed by atoms with Crippen LogP contribution in [0.5, 0.6) is 0 Å². The summed E-state index contributed by atoms with van der Waals surface area (Å²) in [5.74, 6) is 0.867. The zero-order valence-electron chi connectivity index (χ0n) is 10.9. The van der Waals surface area contributed by atoms with Gasteiger partial charge < -0.3 is 10.6 Å². The molecule has 0 saturated carbocycles. The Balaban J connectivity index is 1.79. The highest BCUT2D eigenvalue weighted by Crippen LogP contribution is 2.22. The molecule has 1 aliphatic rings. The Hall–Kier alpha value is -1.02. The molecule has 0 spiro atoms. The lowest BCUT2D eigenvalue weighted by Gasteiger charge is -2.31. The van der Waals surface area contributed by atoms with E-state index in [0.29, 0.717) is 0 Å². The predicted octanol–water partition coefficient (Wildman–Crippen LogP) is 2.93. The van der Waals surface area contributed by atoms with Gasteiger partial charge in [-0.3, -0.25) is 0 Å². The lowest BCUT2D eigenvalue weighted by Crippen LogP contribution is -2.34. The average Bonchev–Trinajstić information content (AvgIpc) is 2.35. The number of likely N-dealkylation sites (tertiary alicyclic amines) is 1. The maximum absolute atomic E-state index is 5.70. The fourth-order valence-electron chi connectivity index (χ4n) is 2.72. The van der Waals surface area contributed by atoms with Crippen molar-refractivity contribution >= 4 is 5.69 Å². The Bertz CT molecular complexity index is 323. The smallest absolute Gasteiger partial charge is 0.0314 e. The molecule has 0 atom stereocenters. The quantitative estimate of drug-likeness (QED) is 0.809. The first-order valence-electron chi connectivity index (χ1n) is 6.84. The van der Waals surface area contributed by atoms with Gasteiger partial charge in [-0.05, 0) is 68.9 Å². The molecule has 0 aromatic heterocycles. The van der Waals surface area contributed by atoms with Crippen molar-refractivity contribution in [3.63, 3.8) is 0 Å². The number of anilines is 1. The Labute approximate surface area is 105 Å². The van der Waals surface area contributed by atoms with Crippen LogP contribution in [0.4, 0.5) is 5.69 Å². The fourth-order valence-corrected chi connectivity index (χ4v) is 2.72. The van der Waals surface area contributed by atoms with Crippen molar-refractivity contribution in [2.75, 3.05) is 25.4 Å². The molecule has 1 aromatic carbocycles. The van der Waals surface area contributed by atoms with Crippen LogP contribution in [0.2, 0.25) is 0 Å². The number of rotatable bonds is 4. The van der Waals surface area contributed by atoms with Crippen LogP contribution in [0.3, 0.4) is 0 Å². The summed E-state index contributed by atoms with van der Waals surface area (Å²) in [4.78, 5) is 2.60. The van der Waals surface area contributed by atoms with Crippen molar-refractivity contribution in [1.29, 1.82) is 0 Å². The largest absolute Gasteiger partial charge is 0.399 e. The second-order valence-corrected chi connectivity index (χ2v) is 5.23. The molecule has 0 bridgehead atoms. The van der Waals surface area contributed by atoms with Crippen LogP contribution >= 0.6 is 0 Å². The van der Waals surface area contributed by atoms with Gasteiger partial charge in [0.1, 0.15) is 0 Å². The molecular weight excluding hydrogens is 208 g/mol. The van der Waals surface area contributed by atoms with Crippen molar-refractivity contribution in [1.82, 2.24) is 4.90 Å². The number of benzene rings is 1. The Morgan fingerprint density at radius 1 is 1.18 bits per heavy atom. The molecule has 2 rings (SSSR count). The molecule has 2 heteroatoms. The molecule has 1 fully saturated rings. The van der Waals surface area contributed by atoms with E-state index in [0.717, 1.165) is 11.6 Å². The van der Waals surface area contributed by atoms with E-state index in [1.807, 2.05) is 12.1 Å². The normalized spacial score (nSPS) is 18.4. The van der Waals surface area contributed by atoms with Crippen LogP contribution in [-0.2, 0) is 6.42 Å². The molecule has 1 saturated heterocycles. The number of nitrogens with zero attached hydrogens (tertiary/aromatic N) is 1. The summed E-state index contributed by atoms with van der Waals surface area (Å²) in [5, 5.41) is 0. The molecule has 17 heavy (non-hydrogen) atoms. The second kappa shape index (κ2) is 6.06. The molecule has 0 amide bonds. The maximum atomic E-state index is 5.70. The monoisotopic (exact) mass is 232 g/mol. The number of nitrogen functional groups attached to an aromatic ring is 1. The molecule has 0 aliphatic carbocycles. The summed E-state index contributed by atoms with van der Waals surface area (Å²) in [6.07, 6.45) is 5.21. The third kappa shape index (κ3) is 3.74. The topological polar surface area (TPSA) is 29.3 Å². The van der Waals surface area contributed by atoms with Gasteiger partial charge in [-0.1, -0.05) is 19.1 Å². The molecule has 0 unspecified atom stereocenters. The highest BCUT2D eigenvalue weighted by Gasteiger charge is 2.18. The van der Waals surface area contributed by atoms with Gasteiger partial charge in [0.2, 0.25) is 0 Å². The van der Waals surface area contributed by atoms with Crippen molar-refractivity contribution < 1.29 is 0 Å². The predicted molar refractivity (Wildman–Crippen MR) is 74.0 cm³/mol. The lowest BCUT2D eigenvalue weighted by molar-refractivity contribution is 0.184. The molecule has 0 radical (unpaired) electrons. The Kier molecular flexibility index (Phi) is 4.43. The zero-order chi connectivity index (χ0) is 12.1. The van der Waals surface area contributed by atoms with Gasteiger partial charge in [-0.25, -0.2) is 0 Å². The van der Waals surface area contributed by atoms with Crippen LogP contribution in [0.25, 0.3) is 0 Å². The summed E-state index contributed by atoms with van der Waals surface area (Å²) in [6, 6.07) is 8.38. The van der Waals surface area contributed by atoms with Crippen molar-refractivity contribution in [2.24, 2.45) is 5.92 Å². The highest BCUT2D eigenvalue weighted by atomic mass is 15.1. The first-order chi connectivity index (χ1) is 8.28. The fraction of sp³-hybridized carbons (Fsp3) is 0.600. The zero-order valence-corrected chi connectivity index (χ0v) is 10.9. The number of hydrogen-bond acceptors (Lipinski definition) is 2. The van der Waals surface area contributed by atoms with Gasteiger partial charge in [-0.2, -0.15) is 0 Å². The standard InChI is InChI=1S/C15H24N2/c1-2-9-17-10-7-14(8-11-17)12-13-3-5-15(16)6-4-13/h3-6,14H,2,7-12,16H2,1H3. The summed E-state index contributed by atoms with van der Waals surface area (Å²) >= 11 is 0. The number of nitrogens with two attached hydrogens (primary N) is 1. The van der Waals surface area contributed by atoms with Crippen LogP contribution < -0.4 is 5.73 Å². The van der Waals surface area contributed by atoms with Crippen LogP contribution in [-0.4, -0.2) is 24.5 Å². The van der Waals surface area contributed by atoms with Gasteiger partial charge in [0.05, 0.1) is 0 Å². The van der Waals surface area contributed by atoms with Gasteiger partial charge in [0, 0.05) is 5.69 Å². The van der Waals surface area contributed by atoms with Gasteiger partial charge in [0.15, 0.2) is 0 Å². The van der Waals surface area contributed by atoms with Crippen molar-refractivity contribution in [2.45, 2.75) is 32.6 Å². The first kappa shape index (κ1) is 12.4. The minimum absolute atomic E-state index is 0.867. The summed E-state index contributed by atoms with van der Waals surface area (Å²) in [7, 11) is 0. The van der Waals surface area contributed by atoms with E-state index in [1.165, 1.54) is 50.9 Å². The molecule has 1 aliphatic heterocycles. The lowest BCUT2D eigenvalue weighted by atomic mass is 9.90. The molecule has 94 valence electrons. The molecule has 2 N–H and O–H groups in total.